The third-order valence-corrected chi connectivity index (χ3v) is 2.51. The van der Waals surface area contributed by atoms with E-state index in [0.717, 1.165) is 5.56 Å². The van der Waals surface area contributed by atoms with Gasteiger partial charge >= 0.3 is 0 Å². The Morgan fingerprint density at radius 3 is 2.53 bits per heavy atom. The van der Waals surface area contributed by atoms with Gasteiger partial charge in [0, 0.05) is 6.20 Å². The fourth-order valence-corrected chi connectivity index (χ4v) is 1.65. The number of halogens is 1. The molecule has 2 aromatic rings. The lowest BCUT2D eigenvalue weighted by Crippen LogP contribution is -2.25. The maximum atomic E-state index is 6.26. The molecule has 1 radical (unpaired) electrons. The summed E-state index contributed by atoms with van der Waals surface area (Å²) in [5, 5.41) is 9.15. The summed E-state index contributed by atoms with van der Waals surface area (Å²) in [5.74, 6) is 0.531. The first-order chi connectivity index (χ1) is 8.33. The molecule has 0 aliphatic carbocycles. The van der Waals surface area contributed by atoms with E-state index >= 15 is 0 Å². The van der Waals surface area contributed by atoms with Gasteiger partial charge in [0.05, 0.1) is 7.11 Å². The molecule has 1 aromatic carbocycles. The van der Waals surface area contributed by atoms with Crippen LogP contribution in [0.25, 0.3) is 0 Å². The number of benzene rings is 1. The molecule has 0 atom stereocenters. The molecule has 0 aliphatic rings. The standard InChI is InChI=1S/C12H11ClN3O/c1-17-16(11-8-5-9-14-15-11)12(13)10-6-3-2-4-7-10/h2-9H,1H3. The Bertz CT molecular complexity index is 452. The van der Waals surface area contributed by atoms with Gasteiger partial charge in [-0.15, -0.1) is 5.10 Å². The maximum Gasteiger partial charge on any atom is 0.210 e. The van der Waals surface area contributed by atoms with Crippen molar-refractivity contribution in [2.45, 2.75) is 0 Å². The number of rotatable bonds is 4. The van der Waals surface area contributed by atoms with E-state index in [0.29, 0.717) is 11.3 Å². The first-order valence-electron chi connectivity index (χ1n) is 5.02. The Hall–Kier alpha value is -1.65. The number of hydrogen-bond acceptors (Lipinski definition) is 4. The fraction of sp³-hybridized carbons (Fsp3) is 0.0833. The van der Waals surface area contributed by atoms with Gasteiger partial charge in [-0.1, -0.05) is 41.9 Å². The molecular formula is C12H11ClN3O. The summed E-state index contributed by atoms with van der Waals surface area (Å²) in [6, 6.07) is 13.1. The van der Waals surface area contributed by atoms with Gasteiger partial charge in [0.25, 0.3) is 0 Å². The monoisotopic (exact) mass is 248 g/mol. The fourth-order valence-electron chi connectivity index (χ4n) is 1.37. The SMILES string of the molecule is CON([C](Cl)c1ccccc1)c1cccnn1. The average Bonchev–Trinajstić information content (AvgIpc) is 2.42. The molecule has 1 aromatic heterocycles. The van der Waals surface area contributed by atoms with E-state index in [1.165, 1.54) is 12.2 Å². The molecule has 0 unspecified atom stereocenters. The Balaban J connectivity index is 2.25. The highest BCUT2D eigenvalue weighted by atomic mass is 35.5. The van der Waals surface area contributed by atoms with Gasteiger partial charge in [0.2, 0.25) is 5.50 Å². The number of aromatic nitrogens is 2. The highest BCUT2D eigenvalue weighted by Crippen LogP contribution is 2.27. The Labute approximate surface area is 105 Å². The molecule has 0 N–H and O–H groups in total. The quantitative estimate of drug-likeness (QED) is 0.616. The van der Waals surface area contributed by atoms with Crippen LogP contribution >= 0.6 is 11.6 Å². The minimum absolute atomic E-state index is 0.439. The lowest BCUT2D eigenvalue weighted by atomic mass is 10.2. The molecule has 0 fully saturated rings. The normalized spacial score (nSPS) is 10.5. The number of anilines is 1. The zero-order valence-corrected chi connectivity index (χ0v) is 10.0. The highest BCUT2D eigenvalue weighted by Gasteiger charge is 2.21. The third-order valence-electron chi connectivity index (χ3n) is 2.14. The van der Waals surface area contributed by atoms with Crippen LogP contribution in [-0.2, 0) is 4.84 Å². The van der Waals surface area contributed by atoms with Gasteiger partial charge in [-0.25, -0.2) is 5.06 Å². The third kappa shape index (κ3) is 2.72. The Kier molecular flexibility index (Phi) is 3.90. The van der Waals surface area contributed by atoms with Gasteiger partial charge in [-0.2, -0.15) is 5.10 Å². The largest absolute Gasteiger partial charge is 0.273 e. The van der Waals surface area contributed by atoms with Crippen molar-refractivity contribution in [3.63, 3.8) is 0 Å². The number of nitrogens with zero attached hydrogens (tertiary/aromatic N) is 3. The second-order valence-corrected chi connectivity index (χ2v) is 3.57. The van der Waals surface area contributed by atoms with E-state index in [4.69, 9.17) is 16.4 Å². The van der Waals surface area contributed by atoms with Crippen LogP contribution in [0.2, 0.25) is 0 Å². The molecule has 0 aliphatic heterocycles. The van der Waals surface area contributed by atoms with Crippen molar-refractivity contribution in [1.29, 1.82) is 0 Å². The van der Waals surface area contributed by atoms with E-state index in [2.05, 4.69) is 10.2 Å². The first-order valence-corrected chi connectivity index (χ1v) is 5.40. The van der Waals surface area contributed by atoms with Crippen LogP contribution in [-0.4, -0.2) is 17.3 Å². The summed E-state index contributed by atoms with van der Waals surface area (Å²) in [4.78, 5) is 5.21. The van der Waals surface area contributed by atoms with Crippen LogP contribution in [0.15, 0.2) is 48.7 Å². The molecular weight excluding hydrogens is 238 g/mol. The molecule has 17 heavy (non-hydrogen) atoms. The van der Waals surface area contributed by atoms with Crippen LogP contribution in [0.1, 0.15) is 5.56 Å². The average molecular weight is 249 g/mol. The van der Waals surface area contributed by atoms with Gasteiger partial charge in [0.15, 0.2) is 5.82 Å². The van der Waals surface area contributed by atoms with Gasteiger partial charge < -0.3 is 0 Å². The predicted molar refractivity (Wildman–Crippen MR) is 66.2 cm³/mol. The molecule has 0 saturated carbocycles. The topological polar surface area (TPSA) is 38.2 Å². The molecule has 1 heterocycles. The van der Waals surface area contributed by atoms with Crippen LogP contribution in [0.3, 0.4) is 0 Å². The number of hydroxylamine groups is 1. The van der Waals surface area contributed by atoms with Crippen LogP contribution in [0.4, 0.5) is 5.82 Å². The van der Waals surface area contributed by atoms with E-state index in [9.17, 15) is 0 Å². The molecule has 5 heteroatoms. The van der Waals surface area contributed by atoms with Crippen LogP contribution in [0.5, 0.6) is 0 Å². The van der Waals surface area contributed by atoms with Crippen LogP contribution < -0.4 is 5.06 Å². The van der Waals surface area contributed by atoms with E-state index in [1.54, 1.807) is 18.3 Å². The molecule has 87 valence electrons. The predicted octanol–water partition coefficient (Wildman–Crippen LogP) is 2.62. The van der Waals surface area contributed by atoms with Crippen molar-refractivity contribution in [3.8, 4) is 0 Å². The van der Waals surface area contributed by atoms with Gasteiger partial charge in [-0.3, -0.25) is 4.84 Å². The second kappa shape index (κ2) is 5.61. The van der Waals surface area contributed by atoms with Crippen molar-refractivity contribution < 1.29 is 4.84 Å². The molecule has 0 spiro atoms. The van der Waals surface area contributed by atoms with Crippen LogP contribution in [0, 0.1) is 5.50 Å². The zero-order valence-electron chi connectivity index (χ0n) is 9.25. The van der Waals surface area contributed by atoms with Crippen molar-refractivity contribution >= 4 is 17.4 Å². The van der Waals surface area contributed by atoms with Gasteiger partial charge in [-0.05, 0) is 17.7 Å². The van der Waals surface area contributed by atoms with Crippen molar-refractivity contribution in [1.82, 2.24) is 10.2 Å². The molecule has 2 rings (SSSR count). The summed E-state index contributed by atoms with van der Waals surface area (Å²) in [6.45, 7) is 0. The Morgan fingerprint density at radius 1 is 1.18 bits per heavy atom. The molecule has 0 bridgehead atoms. The zero-order chi connectivity index (χ0) is 12.1. The molecule has 0 amide bonds. The van der Waals surface area contributed by atoms with E-state index in [-0.39, 0.29) is 0 Å². The smallest absolute Gasteiger partial charge is 0.210 e. The summed E-state index contributed by atoms with van der Waals surface area (Å²) in [7, 11) is 1.53. The van der Waals surface area contributed by atoms with E-state index in [1.807, 2.05) is 30.3 Å². The number of hydrogen-bond donors (Lipinski definition) is 0. The molecule has 0 saturated heterocycles. The summed E-state index contributed by atoms with van der Waals surface area (Å²) < 4.78 is 0. The minimum atomic E-state index is 0.439. The summed E-state index contributed by atoms with van der Waals surface area (Å²) in [5.41, 5.74) is 1.29. The Morgan fingerprint density at radius 2 is 1.94 bits per heavy atom. The van der Waals surface area contributed by atoms with Crippen molar-refractivity contribution in [3.05, 3.63) is 59.7 Å². The maximum absolute atomic E-state index is 6.26. The van der Waals surface area contributed by atoms with Gasteiger partial charge in [0.1, 0.15) is 0 Å². The summed E-state index contributed by atoms with van der Waals surface area (Å²) >= 11 is 6.26. The second-order valence-electron chi connectivity index (χ2n) is 3.22. The summed E-state index contributed by atoms with van der Waals surface area (Å²) in [6.07, 6.45) is 1.59. The lowest BCUT2D eigenvalue weighted by molar-refractivity contribution is 0.181. The van der Waals surface area contributed by atoms with Crippen molar-refractivity contribution in [2.75, 3.05) is 12.2 Å². The lowest BCUT2D eigenvalue weighted by Gasteiger charge is -2.23. The van der Waals surface area contributed by atoms with E-state index < -0.39 is 0 Å². The minimum Gasteiger partial charge on any atom is -0.273 e. The van der Waals surface area contributed by atoms with Crippen molar-refractivity contribution in [2.24, 2.45) is 0 Å². The highest BCUT2D eigenvalue weighted by molar-refractivity contribution is 6.30. The first kappa shape index (κ1) is 11.8. The molecule has 4 nitrogen and oxygen atoms in total.